The topological polar surface area (TPSA) is 158 Å². The Labute approximate surface area is 254 Å². The number of esters is 2. The fourth-order valence-electron chi connectivity index (χ4n) is 4.99. The zero-order valence-corrected chi connectivity index (χ0v) is 25.4. The fourth-order valence-corrected chi connectivity index (χ4v) is 4.99. The highest BCUT2D eigenvalue weighted by Crippen LogP contribution is 2.38. The molecule has 2 aromatic heterocycles. The monoisotopic (exact) mass is 604 g/mol. The predicted molar refractivity (Wildman–Crippen MR) is 159 cm³/mol. The van der Waals surface area contributed by atoms with Gasteiger partial charge < -0.3 is 38.8 Å². The van der Waals surface area contributed by atoms with E-state index in [-0.39, 0.29) is 6.42 Å². The Balaban J connectivity index is 1.29. The maximum absolute atomic E-state index is 12.3. The number of imidazole rings is 2. The van der Waals surface area contributed by atoms with Gasteiger partial charge in [0, 0.05) is 0 Å². The number of nitrogens with one attached hydrogen (secondary N) is 2. The Morgan fingerprint density at radius 2 is 1.43 bits per heavy atom. The van der Waals surface area contributed by atoms with Crippen LogP contribution in [0.2, 0.25) is 0 Å². The van der Waals surface area contributed by atoms with Crippen molar-refractivity contribution in [2.75, 3.05) is 14.2 Å². The van der Waals surface area contributed by atoms with E-state index < -0.39 is 41.8 Å². The van der Waals surface area contributed by atoms with Crippen LogP contribution in [0.5, 0.6) is 0 Å². The Morgan fingerprint density at radius 3 is 1.98 bits per heavy atom. The van der Waals surface area contributed by atoms with Crippen LogP contribution in [0.15, 0.2) is 60.9 Å². The number of carbonyl (C=O) groups excluding carboxylic acids is 2. The van der Waals surface area contributed by atoms with Gasteiger partial charge in [-0.3, -0.25) is 4.79 Å². The summed E-state index contributed by atoms with van der Waals surface area (Å²) in [5.41, 5.74) is 5.34. The first-order chi connectivity index (χ1) is 20.9. The summed E-state index contributed by atoms with van der Waals surface area (Å²) in [6, 6.07) is 15.9. The molecule has 0 spiro atoms. The van der Waals surface area contributed by atoms with Gasteiger partial charge in [0.15, 0.2) is 23.8 Å². The number of carbonyl (C=O) groups is 2. The van der Waals surface area contributed by atoms with Gasteiger partial charge in [0.05, 0.1) is 44.4 Å². The van der Waals surface area contributed by atoms with Crippen LogP contribution < -0.4 is 0 Å². The maximum atomic E-state index is 12.3. The van der Waals surface area contributed by atoms with Gasteiger partial charge in [-0.1, -0.05) is 48.5 Å². The lowest BCUT2D eigenvalue weighted by molar-refractivity contribution is -0.212. The van der Waals surface area contributed by atoms with E-state index in [4.69, 9.17) is 23.7 Å². The first kappa shape index (κ1) is 31.1. The molecule has 44 heavy (non-hydrogen) atoms. The summed E-state index contributed by atoms with van der Waals surface area (Å²) in [4.78, 5) is 39.4. The second-order valence-corrected chi connectivity index (χ2v) is 11.4. The third kappa shape index (κ3) is 7.05. The Hall–Kier alpha value is -4.36. The van der Waals surface area contributed by atoms with Gasteiger partial charge in [0.2, 0.25) is 0 Å². The van der Waals surface area contributed by atoms with Crippen LogP contribution >= 0.6 is 0 Å². The van der Waals surface area contributed by atoms with Crippen LogP contribution in [0.4, 0.5) is 0 Å². The van der Waals surface area contributed by atoms with Crippen LogP contribution in [0.1, 0.15) is 58.0 Å². The van der Waals surface area contributed by atoms with Gasteiger partial charge in [-0.2, -0.15) is 0 Å². The summed E-state index contributed by atoms with van der Waals surface area (Å²) >= 11 is 0. The van der Waals surface area contributed by atoms with E-state index in [9.17, 15) is 14.7 Å². The SMILES string of the molecule is COC(=O)C[C@@H](OC(C)(C)O)c1ncc(-c2ccc(-c3ccc(-c4cnc([C@@H]5OC(C)(C)O[C@H]5C(=O)OC)[nH]4)cc3)cc2)[nH]1. The molecule has 0 bridgehead atoms. The van der Waals surface area contributed by atoms with Crippen LogP contribution in [0, 0.1) is 0 Å². The standard InChI is InChI=1S/C32H36N4O8/c1-31(2,39)42-24(15-25(37)40-5)28-33-16-22(35-28)20-11-7-18(8-12-20)19-9-13-21(14-10-19)23-17-34-29(36-23)26-27(30(38)41-6)44-32(3,4)43-26/h7-14,16-17,24,26-27,39H,15H2,1-6H3,(H,33,35)(H,34,36)/t24-,26-,27-/m1/s1. The Morgan fingerprint density at radius 1 is 0.886 bits per heavy atom. The van der Waals surface area contributed by atoms with Crippen molar-refractivity contribution in [3.63, 3.8) is 0 Å². The molecule has 232 valence electrons. The number of aromatic amines is 2. The van der Waals surface area contributed by atoms with Gasteiger partial charge in [0.25, 0.3) is 0 Å². The number of aromatic nitrogens is 4. The molecule has 1 saturated heterocycles. The van der Waals surface area contributed by atoms with E-state index in [1.807, 2.05) is 48.5 Å². The predicted octanol–water partition coefficient (Wildman–Crippen LogP) is 4.85. The molecule has 1 fully saturated rings. The molecule has 0 unspecified atom stereocenters. The molecule has 3 N–H and O–H groups in total. The third-order valence-corrected chi connectivity index (χ3v) is 7.03. The largest absolute Gasteiger partial charge is 0.469 e. The number of hydrogen-bond acceptors (Lipinski definition) is 10. The molecule has 1 aliphatic heterocycles. The van der Waals surface area contributed by atoms with E-state index >= 15 is 0 Å². The minimum Gasteiger partial charge on any atom is -0.469 e. The molecule has 0 aliphatic carbocycles. The third-order valence-electron chi connectivity index (χ3n) is 7.03. The molecule has 0 saturated carbocycles. The van der Waals surface area contributed by atoms with Gasteiger partial charge in [-0.05, 0) is 49.9 Å². The van der Waals surface area contributed by atoms with Crippen LogP contribution in [0.3, 0.4) is 0 Å². The first-order valence-corrected chi connectivity index (χ1v) is 14.1. The van der Waals surface area contributed by atoms with Crippen LogP contribution in [0.25, 0.3) is 33.6 Å². The lowest BCUT2D eigenvalue weighted by Gasteiger charge is -2.24. The highest BCUT2D eigenvalue weighted by atomic mass is 16.8. The normalized spacial score (nSPS) is 18.6. The molecule has 12 heteroatoms. The zero-order chi connectivity index (χ0) is 31.6. The van der Waals surface area contributed by atoms with Crippen molar-refractivity contribution < 1.29 is 38.4 Å². The van der Waals surface area contributed by atoms with E-state index in [1.54, 1.807) is 26.2 Å². The lowest BCUT2D eigenvalue weighted by atomic mass is 10.0. The number of ether oxygens (including phenoxy) is 5. The van der Waals surface area contributed by atoms with E-state index in [0.29, 0.717) is 11.6 Å². The molecule has 2 aromatic carbocycles. The van der Waals surface area contributed by atoms with Crippen LogP contribution in [-0.2, 0) is 33.3 Å². The smallest absolute Gasteiger partial charge is 0.338 e. The highest BCUT2D eigenvalue weighted by Gasteiger charge is 2.48. The van der Waals surface area contributed by atoms with Gasteiger partial charge in [-0.25, -0.2) is 14.8 Å². The Kier molecular flexibility index (Phi) is 8.71. The quantitative estimate of drug-likeness (QED) is 0.169. The lowest BCUT2D eigenvalue weighted by Crippen LogP contribution is -2.29. The number of rotatable bonds is 10. The summed E-state index contributed by atoms with van der Waals surface area (Å²) in [7, 11) is 2.61. The molecular weight excluding hydrogens is 568 g/mol. The van der Waals surface area contributed by atoms with Gasteiger partial charge in [-0.15, -0.1) is 0 Å². The summed E-state index contributed by atoms with van der Waals surface area (Å²) in [6.45, 7) is 6.45. The molecule has 12 nitrogen and oxygen atoms in total. The average Bonchev–Trinajstić information content (AvgIpc) is 3.75. The molecule has 3 heterocycles. The number of hydrogen-bond donors (Lipinski definition) is 3. The second kappa shape index (κ2) is 12.3. The molecular formula is C32H36N4O8. The number of H-pyrrole nitrogens is 2. The summed E-state index contributed by atoms with van der Waals surface area (Å²) < 4.78 is 27.0. The van der Waals surface area contributed by atoms with Crippen molar-refractivity contribution >= 4 is 11.9 Å². The molecule has 0 radical (unpaired) electrons. The van der Waals surface area contributed by atoms with Crippen molar-refractivity contribution in [1.82, 2.24) is 19.9 Å². The molecule has 1 aliphatic rings. The van der Waals surface area contributed by atoms with Gasteiger partial charge in [0.1, 0.15) is 17.8 Å². The number of aliphatic hydroxyl groups is 1. The minimum atomic E-state index is -1.47. The minimum absolute atomic E-state index is 0.100. The van der Waals surface area contributed by atoms with Crippen LogP contribution in [-0.4, -0.2) is 68.9 Å². The molecule has 4 aromatic rings. The maximum Gasteiger partial charge on any atom is 0.338 e. The average molecular weight is 605 g/mol. The van der Waals surface area contributed by atoms with E-state index in [1.165, 1.54) is 28.1 Å². The van der Waals surface area contributed by atoms with Crippen molar-refractivity contribution in [2.45, 2.75) is 64.0 Å². The molecule has 3 atom stereocenters. The highest BCUT2D eigenvalue weighted by molar-refractivity contribution is 5.76. The van der Waals surface area contributed by atoms with Crippen molar-refractivity contribution in [3.8, 4) is 33.6 Å². The van der Waals surface area contributed by atoms with Crippen molar-refractivity contribution in [3.05, 3.63) is 72.6 Å². The fraction of sp³-hybridized carbons (Fsp3) is 0.375. The van der Waals surface area contributed by atoms with Gasteiger partial charge >= 0.3 is 11.9 Å². The summed E-state index contributed by atoms with van der Waals surface area (Å²) in [5.74, 6) is -2.53. The molecule has 0 amide bonds. The van der Waals surface area contributed by atoms with Crippen molar-refractivity contribution in [2.24, 2.45) is 0 Å². The molecule has 5 rings (SSSR count). The van der Waals surface area contributed by atoms with E-state index in [2.05, 4.69) is 19.9 Å². The summed E-state index contributed by atoms with van der Waals surface area (Å²) in [6.07, 6.45) is 0.811. The first-order valence-electron chi connectivity index (χ1n) is 14.1. The number of nitrogens with zero attached hydrogens (tertiary/aromatic N) is 2. The second-order valence-electron chi connectivity index (χ2n) is 11.4. The van der Waals surface area contributed by atoms with E-state index in [0.717, 1.165) is 33.6 Å². The van der Waals surface area contributed by atoms with Crippen molar-refractivity contribution in [1.29, 1.82) is 0 Å². The zero-order valence-electron chi connectivity index (χ0n) is 25.4. The Bertz CT molecular complexity index is 1600. The number of benzene rings is 2. The summed E-state index contributed by atoms with van der Waals surface area (Å²) in [5, 5.41) is 10.1. The number of methoxy groups -OCH3 is 2.